The van der Waals surface area contributed by atoms with E-state index in [1.807, 2.05) is 12.1 Å². The number of nitrogen functional groups attached to an aromatic ring is 1. The zero-order valence-corrected chi connectivity index (χ0v) is 6.92. The van der Waals surface area contributed by atoms with Gasteiger partial charge in [0.1, 0.15) is 5.82 Å². The van der Waals surface area contributed by atoms with E-state index in [9.17, 15) is 4.39 Å². The van der Waals surface area contributed by atoms with Crippen molar-refractivity contribution in [3.05, 3.63) is 42.3 Å². The summed E-state index contributed by atoms with van der Waals surface area (Å²) in [5.74, 6) is -0.315. The maximum absolute atomic E-state index is 12.9. The number of nitrogens with one attached hydrogen (secondary N) is 1. The second-order valence-corrected chi connectivity index (χ2v) is 2.86. The second kappa shape index (κ2) is 2.94. The third-order valence-electron chi connectivity index (χ3n) is 1.83. The third kappa shape index (κ3) is 1.54. The van der Waals surface area contributed by atoms with Gasteiger partial charge in [0.15, 0.2) is 0 Å². The Balaban J connectivity index is 2.53. The fourth-order valence-corrected chi connectivity index (χ4v) is 1.28. The van der Waals surface area contributed by atoms with Crippen LogP contribution in [0.15, 0.2) is 36.5 Å². The summed E-state index contributed by atoms with van der Waals surface area (Å²) in [5.41, 5.74) is 7.58. The SMILES string of the molecule is Nc1cc(F)cc(-c2ccc[nH]2)c1. The molecule has 0 atom stereocenters. The maximum atomic E-state index is 12.9. The molecule has 0 saturated heterocycles. The Morgan fingerprint density at radius 1 is 1.23 bits per heavy atom. The van der Waals surface area contributed by atoms with Crippen LogP contribution in [0.4, 0.5) is 10.1 Å². The smallest absolute Gasteiger partial charge is 0.125 e. The van der Waals surface area contributed by atoms with Crippen LogP contribution in [0.25, 0.3) is 11.3 Å². The van der Waals surface area contributed by atoms with E-state index in [1.165, 1.54) is 12.1 Å². The van der Waals surface area contributed by atoms with E-state index in [0.717, 1.165) is 11.3 Å². The second-order valence-electron chi connectivity index (χ2n) is 2.86. The highest BCUT2D eigenvalue weighted by Gasteiger charge is 2.01. The van der Waals surface area contributed by atoms with Gasteiger partial charge in [-0.25, -0.2) is 4.39 Å². The largest absolute Gasteiger partial charge is 0.399 e. The van der Waals surface area contributed by atoms with Gasteiger partial charge in [-0.05, 0) is 30.3 Å². The quantitative estimate of drug-likeness (QED) is 0.643. The summed E-state index contributed by atoms with van der Waals surface area (Å²) in [6.45, 7) is 0. The van der Waals surface area contributed by atoms with Crippen LogP contribution in [0.2, 0.25) is 0 Å². The number of anilines is 1. The first-order chi connectivity index (χ1) is 6.25. The molecule has 0 aliphatic heterocycles. The van der Waals surface area contributed by atoms with Crippen LogP contribution in [-0.4, -0.2) is 4.98 Å². The van der Waals surface area contributed by atoms with Gasteiger partial charge in [0, 0.05) is 23.1 Å². The molecule has 1 aromatic carbocycles. The molecule has 13 heavy (non-hydrogen) atoms. The first-order valence-corrected chi connectivity index (χ1v) is 3.95. The van der Waals surface area contributed by atoms with Gasteiger partial charge in [-0.3, -0.25) is 0 Å². The Labute approximate surface area is 75.2 Å². The minimum Gasteiger partial charge on any atom is -0.399 e. The van der Waals surface area contributed by atoms with Gasteiger partial charge in [-0.15, -0.1) is 0 Å². The van der Waals surface area contributed by atoms with Crippen LogP contribution in [0, 0.1) is 5.82 Å². The van der Waals surface area contributed by atoms with Crippen LogP contribution in [-0.2, 0) is 0 Å². The van der Waals surface area contributed by atoms with Crippen LogP contribution < -0.4 is 5.73 Å². The summed E-state index contributed by atoms with van der Waals surface area (Å²) >= 11 is 0. The van der Waals surface area contributed by atoms with E-state index < -0.39 is 0 Å². The molecule has 3 N–H and O–H groups in total. The van der Waals surface area contributed by atoms with Crippen molar-refractivity contribution in [2.24, 2.45) is 0 Å². The molecule has 1 aromatic heterocycles. The molecule has 0 amide bonds. The van der Waals surface area contributed by atoms with E-state index >= 15 is 0 Å². The molecular formula is C10H9FN2. The number of hydrogen-bond donors (Lipinski definition) is 2. The predicted octanol–water partition coefficient (Wildman–Crippen LogP) is 2.40. The first-order valence-electron chi connectivity index (χ1n) is 3.95. The average molecular weight is 176 g/mol. The van der Waals surface area contributed by atoms with Crippen molar-refractivity contribution in [3.8, 4) is 11.3 Å². The highest BCUT2D eigenvalue weighted by molar-refractivity contribution is 5.64. The van der Waals surface area contributed by atoms with Crippen molar-refractivity contribution < 1.29 is 4.39 Å². The van der Waals surface area contributed by atoms with E-state index in [1.54, 1.807) is 12.3 Å². The number of hydrogen-bond acceptors (Lipinski definition) is 1. The molecule has 2 rings (SSSR count). The molecule has 0 fully saturated rings. The lowest BCUT2D eigenvalue weighted by Gasteiger charge is -2.00. The van der Waals surface area contributed by atoms with Crippen molar-refractivity contribution in [3.63, 3.8) is 0 Å². The lowest BCUT2D eigenvalue weighted by Crippen LogP contribution is -1.88. The normalized spacial score (nSPS) is 10.2. The summed E-state index contributed by atoms with van der Waals surface area (Å²) in [6.07, 6.45) is 1.79. The fraction of sp³-hybridized carbons (Fsp3) is 0. The highest BCUT2D eigenvalue weighted by Crippen LogP contribution is 2.20. The van der Waals surface area contributed by atoms with Crippen LogP contribution >= 0.6 is 0 Å². The number of aromatic nitrogens is 1. The van der Waals surface area contributed by atoms with Crippen molar-refractivity contribution in [2.45, 2.75) is 0 Å². The van der Waals surface area contributed by atoms with E-state index in [2.05, 4.69) is 4.98 Å². The van der Waals surface area contributed by atoms with E-state index in [-0.39, 0.29) is 5.82 Å². The Kier molecular flexibility index (Phi) is 1.77. The Morgan fingerprint density at radius 3 is 2.69 bits per heavy atom. The lowest BCUT2D eigenvalue weighted by atomic mass is 10.1. The average Bonchev–Trinajstić information content (AvgIpc) is 2.53. The molecule has 1 heterocycles. The molecule has 0 spiro atoms. The standard InChI is InChI=1S/C10H9FN2/c11-8-4-7(5-9(12)6-8)10-2-1-3-13-10/h1-6,13H,12H2. The number of H-pyrrole nitrogens is 1. The molecule has 0 unspecified atom stereocenters. The molecule has 0 aliphatic carbocycles. The molecule has 0 saturated carbocycles. The van der Waals surface area contributed by atoms with Gasteiger partial charge in [-0.1, -0.05) is 0 Å². The van der Waals surface area contributed by atoms with E-state index in [4.69, 9.17) is 5.73 Å². The summed E-state index contributed by atoms with van der Waals surface area (Å²) in [4.78, 5) is 2.99. The minimum absolute atomic E-state index is 0.315. The van der Waals surface area contributed by atoms with Gasteiger partial charge >= 0.3 is 0 Å². The van der Waals surface area contributed by atoms with Crippen molar-refractivity contribution in [1.82, 2.24) is 4.98 Å². The monoisotopic (exact) mass is 176 g/mol. The third-order valence-corrected chi connectivity index (χ3v) is 1.83. The number of nitrogens with two attached hydrogens (primary N) is 1. The molecule has 2 nitrogen and oxygen atoms in total. The number of benzene rings is 1. The first kappa shape index (κ1) is 7.86. The predicted molar refractivity (Wildman–Crippen MR) is 50.6 cm³/mol. The molecule has 66 valence electrons. The van der Waals surface area contributed by atoms with Crippen LogP contribution in [0.5, 0.6) is 0 Å². The zero-order chi connectivity index (χ0) is 9.26. The summed E-state index contributed by atoms with van der Waals surface area (Å²) < 4.78 is 12.9. The number of aromatic amines is 1. The summed E-state index contributed by atoms with van der Waals surface area (Å²) in [5, 5.41) is 0. The maximum Gasteiger partial charge on any atom is 0.125 e. The molecule has 0 bridgehead atoms. The zero-order valence-electron chi connectivity index (χ0n) is 6.92. The van der Waals surface area contributed by atoms with Crippen molar-refractivity contribution in [2.75, 3.05) is 5.73 Å². The fourth-order valence-electron chi connectivity index (χ4n) is 1.28. The molecule has 2 aromatic rings. The number of rotatable bonds is 1. The molecule has 0 aliphatic rings. The molecular weight excluding hydrogens is 167 g/mol. The minimum atomic E-state index is -0.315. The summed E-state index contributed by atoms with van der Waals surface area (Å²) in [6, 6.07) is 8.20. The van der Waals surface area contributed by atoms with E-state index in [0.29, 0.717) is 5.69 Å². The molecule has 0 radical (unpaired) electrons. The van der Waals surface area contributed by atoms with Crippen LogP contribution in [0.3, 0.4) is 0 Å². The lowest BCUT2D eigenvalue weighted by molar-refractivity contribution is 0.629. The van der Waals surface area contributed by atoms with Gasteiger partial charge in [0.2, 0.25) is 0 Å². The number of halogens is 1. The van der Waals surface area contributed by atoms with Gasteiger partial charge in [0.25, 0.3) is 0 Å². The van der Waals surface area contributed by atoms with Crippen LogP contribution in [0.1, 0.15) is 0 Å². The topological polar surface area (TPSA) is 41.8 Å². The van der Waals surface area contributed by atoms with Gasteiger partial charge in [0.05, 0.1) is 0 Å². The van der Waals surface area contributed by atoms with Crippen molar-refractivity contribution in [1.29, 1.82) is 0 Å². The highest BCUT2D eigenvalue weighted by atomic mass is 19.1. The Hall–Kier alpha value is -1.77. The van der Waals surface area contributed by atoms with Gasteiger partial charge in [-0.2, -0.15) is 0 Å². The van der Waals surface area contributed by atoms with Gasteiger partial charge < -0.3 is 10.7 Å². The Morgan fingerprint density at radius 2 is 2.08 bits per heavy atom. The summed E-state index contributed by atoms with van der Waals surface area (Å²) in [7, 11) is 0. The Bertz CT molecular complexity index is 387. The van der Waals surface area contributed by atoms with Crippen molar-refractivity contribution >= 4 is 5.69 Å². The molecule has 3 heteroatoms.